The van der Waals surface area contributed by atoms with Gasteiger partial charge in [-0.15, -0.1) is 0 Å². The van der Waals surface area contributed by atoms with Crippen molar-refractivity contribution in [2.45, 2.75) is 50.0 Å². The Bertz CT molecular complexity index is 589. The predicted molar refractivity (Wildman–Crippen MR) is 79.5 cm³/mol. The van der Waals surface area contributed by atoms with E-state index in [4.69, 9.17) is 5.11 Å². The Morgan fingerprint density at radius 2 is 1.86 bits per heavy atom. The molecule has 1 atom stereocenters. The first kappa shape index (κ1) is 16.0. The lowest BCUT2D eigenvalue weighted by molar-refractivity contribution is -0.136. The van der Waals surface area contributed by atoms with Crippen LogP contribution in [0.25, 0.3) is 0 Å². The van der Waals surface area contributed by atoms with E-state index in [1.165, 1.54) is 25.0 Å². The minimum absolute atomic E-state index is 0.0730. The molecular weight excluding hydrogens is 290 g/mol. The highest BCUT2D eigenvalue weighted by molar-refractivity contribution is 7.89. The summed E-state index contributed by atoms with van der Waals surface area (Å²) in [6.07, 6.45) is 4.37. The second kappa shape index (κ2) is 6.58. The van der Waals surface area contributed by atoms with Gasteiger partial charge in [-0.1, -0.05) is 25.0 Å². The maximum Gasteiger partial charge on any atom is 0.307 e. The summed E-state index contributed by atoms with van der Waals surface area (Å²) in [4.78, 5) is 10.8. The van der Waals surface area contributed by atoms with Crippen LogP contribution in [0.4, 0.5) is 0 Å². The molecule has 1 aromatic carbocycles. The van der Waals surface area contributed by atoms with E-state index in [0.29, 0.717) is 11.5 Å². The lowest BCUT2D eigenvalue weighted by Crippen LogP contribution is -2.37. The normalized spacial score (nSPS) is 17.8. The van der Waals surface area contributed by atoms with Crippen molar-refractivity contribution < 1.29 is 18.3 Å². The van der Waals surface area contributed by atoms with Crippen molar-refractivity contribution in [1.29, 1.82) is 0 Å². The first-order chi connectivity index (χ1) is 9.88. The third kappa shape index (κ3) is 4.28. The zero-order valence-electron chi connectivity index (χ0n) is 12.1. The highest BCUT2D eigenvalue weighted by atomic mass is 32.2. The van der Waals surface area contributed by atoms with E-state index in [1.807, 2.05) is 6.92 Å². The molecule has 1 aliphatic carbocycles. The molecule has 6 heteroatoms. The molecule has 5 nitrogen and oxygen atoms in total. The van der Waals surface area contributed by atoms with Crippen molar-refractivity contribution >= 4 is 16.0 Å². The van der Waals surface area contributed by atoms with Gasteiger partial charge in [0, 0.05) is 6.04 Å². The smallest absolute Gasteiger partial charge is 0.307 e. The van der Waals surface area contributed by atoms with Gasteiger partial charge < -0.3 is 5.11 Å². The molecule has 0 amide bonds. The van der Waals surface area contributed by atoms with E-state index in [-0.39, 0.29) is 17.4 Å². The predicted octanol–water partition coefficient (Wildman–Crippen LogP) is 2.17. The highest BCUT2D eigenvalue weighted by Crippen LogP contribution is 2.28. The first-order valence-electron chi connectivity index (χ1n) is 7.21. The number of carboxylic acid groups (broad SMARTS) is 1. The minimum atomic E-state index is -3.54. The Hall–Kier alpha value is -1.40. The molecule has 0 unspecified atom stereocenters. The van der Waals surface area contributed by atoms with Gasteiger partial charge in [-0.3, -0.25) is 4.79 Å². The number of rotatable bonds is 6. The third-order valence-electron chi connectivity index (χ3n) is 4.04. The maximum atomic E-state index is 12.3. The molecular formula is C15H21NO4S. The third-order valence-corrected chi connectivity index (χ3v) is 5.61. The van der Waals surface area contributed by atoms with Gasteiger partial charge in [-0.2, -0.15) is 0 Å². The molecule has 1 aromatic rings. The van der Waals surface area contributed by atoms with Crippen molar-refractivity contribution in [1.82, 2.24) is 4.72 Å². The fourth-order valence-electron chi connectivity index (χ4n) is 2.83. The summed E-state index contributed by atoms with van der Waals surface area (Å²) >= 11 is 0. The zero-order valence-corrected chi connectivity index (χ0v) is 12.9. The van der Waals surface area contributed by atoms with Crippen LogP contribution in [0, 0.1) is 5.92 Å². The molecule has 0 spiro atoms. The van der Waals surface area contributed by atoms with Crippen LogP contribution >= 0.6 is 0 Å². The second-order valence-electron chi connectivity index (χ2n) is 5.67. The van der Waals surface area contributed by atoms with E-state index in [1.54, 1.807) is 12.1 Å². The number of nitrogens with one attached hydrogen (secondary N) is 1. The molecule has 116 valence electrons. The molecule has 1 aliphatic rings. The fraction of sp³-hybridized carbons (Fsp3) is 0.533. The van der Waals surface area contributed by atoms with Crippen molar-refractivity contribution in [3.63, 3.8) is 0 Å². The Balaban J connectivity index is 2.06. The molecule has 1 fully saturated rings. The van der Waals surface area contributed by atoms with Crippen molar-refractivity contribution in [2.24, 2.45) is 5.92 Å². The molecule has 0 heterocycles. The summed E-state index contributed by atoms with van der Waals surface area (Å²) in [5.41, 5.74) is 0.588. The number of carbonyl (C=O) groups is 1. The van der Waals surface area contributed by atoms with E-state index >= 15 is 0 Å². The summed E-state index contributed by atoms with van der Waals surface area (Å²) in [7, 11) is -3.54. The molecule has 2 N–H and O–H groups in total. The Labute approximate surface area is 125 Å². The average Bonchev–Trinajstić information content (AvgIpc) is 2.92. The number of hydrogen-bond donors (Lipinski definition) is 2. The van der Waals surface area contributed by atoms with Crippen LogP contribution < -0.4 is 4.72 Å². The molecule has 0 radical (unpaired) electrons. The van der Waals surface area contributed by atoms with Crippen LogP contribution in [0.15, 0.2) is 29.2 Å². The monoisotopic (exact) mass is 311 g/mol. The summed E-state index contributed by atoms with van der Waals surface area (Å²) < 4.78 is 27.3. The molecule has 0 bridgehead atoms. The average molecular weight is 311 g/mol. The standard InChI is InChI=1S/C15H21NO4S/c1-11(13-4-2-3-5-13)16-21(19,20)14-8-6-12(7-9-14)10-15(17)18/h6-9,11,13,16H,2-5,10H2,1H3,(H,17,18)/t11-/m0/s1. The molecule has 2 rings (SSSR count). The first-order valence-corrected chi connectivity index (χ1v) is 8.70. The van der Waals surface area contributed by atoms with Gasteiger partial charge in [0.25, 0.3) is 0 Å². The van der Waals surface area contributed by atoms with E-state index < -0.39 is 16.0 Å². The van der Waals surface area contributed by atoms with Crippen LogP contribution in [0.1, 0.15) is 38.2 Å². The number of hydrogen-bond acceptors (Lipinski definition) is 3. The lowest BCUT2D eigenvalue weighted by Gasteiger charge is -2.20. The number of sulfonamides is 1. The second-order valence-corrected chi connectivity index (χ2v) is 7.38. The van der Waals surface area contributed by atoms with E-state index in [9.17, 15) is 13.2 Å². The number of benzene rings is 1. The van der Waals surface area contributed by atoms with Gasteiger partial charge in [-0.25, -0.2) is 13.1 Å². The highest BCUT2D eigenvalue weighted by Gasteiger charge is 2.26. The lowest BCUT2D eigenvalue weighted by atomic mass is 10.0. The molecule has 0 aromatic heterocycles. The quantitative estimate of drug-likeness (QED) is 0.843. The van der Waals surface area contributed by atoms with Gasteiger partial charge in [0.1, 0.15) is 0 Å². The van der Waals surface area contributed by atoms with E-state index in [0.717, 1.165) is 12.8 Å². The molecule has 1 saturated carbocycles. The van der Waals surface area contributed by atoms with Gasteiger partial charge in [0.15, 0.2) is 0 Å². The van der Waals surface area contributed by atoms with Crippen LogP contribution in [0.2, 0.25) is 0 Å². The van der Waals surface area contributed by atoms with Crippen LogP contribution in [0.3, 0.4) is 0 Å². The maximum absolute atomic E-state index is 12.3. The van der Waals surface area contributed by atoms with Crippen LogP contribution in [-0.2, 0) is 21.2 Å². The Morgan fingerprint density at radius 3 is 2.38 bits per heavy atom. The number of aliphatic carboxylic acids is 1. The molecule has 0 aliphatic heterocycles. The molecule has 0 saturated heterocycles. The Kier molecular flexibility index (Phi) is 5.00. The van der Waals surface area contributed by atoms with Crippen LogP contribution in [0.5, 0.6) is 0 Å². The summed E-state index contributed by atoms with van der Waals surface area (Å²) in [6, 6.07) is 5.94. The fourth-order valence-corrected chi connectivity index (χ4v) is 4.14. The Morgan fingerprint density at radius 1 is 1.29 bits per heavy atom. The van der Waals surface area contributed by atoms with Crippen molar-refractivity contribution in [3.05, 3.63) is 29.8 Å². The number of carboxylic acids is 1. The topological polar surface area (TPSA) is 83.5 Å². The van der Waals surface area contributed by atoms with Gasteiger partial charge in [0.2, 0.25) is 10.0 Å². The van der Waals surface area contributed by atoms with Crippen molar-refractivity contribution in [3.8, 4) is 0 Å². The summed E-state index contributed by atoms with van der Waals surface area (Å²) in [5.74, 6) is -0.523. The molecule has 21 heavy (non-hydrogen) atoms. The van der Waals surface area contributed by atoms with Gasteiger partial charge in [-0.05, 0) is 43.4 Å². The van der Waals surface area contributed by atoms with Crippen LogP contribution in [-0.4, -0.2) is 25.5 Å². The minimum Gasteiger partial charge on any atom is -0.481 e. The van der Waals surface area contributed by atoms with E-state index in [2.05, 4.69) is 4.72 Å². The summed E-state index contributed by atoms with van der Waals surface area (Å²) in [6.45, 7) is 1.91. The zero-order chi connectivity index (χ0) is 15.5. The van der Waals surface area contributed by atoms with Crippen molar-refractivity contribution in [2.75, 3.05) is 0 Å². The summed E-state index contributed by atoms with van der Waals surface area (Å²) in [5, 5.41) is 8.71. The van der Waals surface area contributed by atoms with Gasteiger partial charge >= 0.3 is 5.97 Å². The van der Waals surface area contributed by atoms with Gasteiger partial charge in [0.05, 0.1) is 11.3 Å². The SMILES string of the molecule is C[C@H](NS(=O)(=O)c1ccc(CC(=O)O)cc1)C1CCCC1. The largest absolute Gasteiger partial charge is 0.481 e.